The third-order valence-electron chi connectivity index (χ3n) is 9.07. The summed E-state index contributed by atoms with van der Waals surface area (Å²) in [7, 11) is 0. The molecule has 46 heavy (non-hydrogen) atoms. The number of carbonyl (C=O) groups is 3. The van der Waals surface area contributed by atoms with Crippen molar-refractivity contribution in [3.63, 3.8) is 0 Å². The number of hydrogen-bond donors (Lipinski definition) is 0. The van der Waals surface area contributed by atoms with Gasteiger partial charge in [0, 0.05) is 18.1 Å². The maximum atomic E-state index is 14.1. The van der Waals surface area contributed by atoms with E-state index in [1.807, 2.05) is 31.2 Å². The largest absolute Gasteiger partial charge is 0.271 e. The second kappa shape index (κ2) is 11.4. The predicted molar refractivity (Wildman–Crippen MR) is 169 cm³/mol. The Bertz CT molecular complexity index is 1830. The van der Waals surface area contributed by atoms with Gasteiger partial charge in [0.15, 0.2) is 12.1 Å². The van der Waals surface area contributed by atoms with E-state index >= 15 is 0 Å². The van der Waals surface area contributed by atoms with E-state index in [-0.39, 0.29) is 35.8 Å². The van der Waals surface area contributed by atoms with Crippen LogP contribution in [0.2, 0.25) is 0 Å². The number of hydrogen-bond acceptors (Lipinski definition) is 9. The first kappa shape index (κ1) is 29.2. The molecule has 1 saturated carbocycles. The van der Waals surface area contributed by atoms with Crippen LogP contribution in [-0.2, 0) is 14.4 Å². The second-order valence-electron chi connectivity index (χ2n) is 12.1. The molecule has 0 N–H and O–H groups in total. The van der Waals surface area contributed by atoms with E-state index in [1.54, 1.807) is 0 Å². The van der Waals surface area contributed by atoms with Crippen LogP contribution < -0.4 is 4.90 Å². The average molecular weight is 618 g/mol. The normalized spacial score (nSPS) is 24.4. The van der Waals surface area contributed by atoms with Crippen molar-refractivity contribution in [1.82, 2.24) is 10.0 Å². The van der Waals surface area contributed by atoms with Gasteiger partial charge in [0.2, 0.25) is 0 Å². The molecule has 0 spiro atoms. The standard InChI is InChI=1S/C34H31N7O5/c1-20-6-10-22(11-7-20)18-24-4-3-5-27-29(24)36-40(31(27)23-12-8-21(2)9-13-23)28(42)19-38-32-30(35-37-38)33(43)39(34(32)44)25-14-16-26(17-15-25)41(45)46/h6-18,27,30-32H,3-5,19H2,1-2H3/b24-18+/t27-,30-,31-,32+/m0/s1. The predicted octanol–water partition coefficient (Wildman–Crippen LogP) is 5.33. The van der Waals surface area contributed by atoms with Crippen LogP contribution in [0.3, 0.4) is 0 Å². The van der Waals surface area contributed by atoms with Crippen molar-refractivity contribution in [3.05, 3.63) is 111 Å². The Balaban J connectivity index is 1.17. The Morgan fingerprint density at radius 1 is 0.935 bits per heavy atom. The number of allylic oxidation sites excluding steroid dienone is 1. The molecule has 7 rings (SSSR count). The van der Waals surface area contributed by atoms with Gasteiger partial charge in [0.25, 0.3) is 23.4 Å². The molecule has 1 saturated heterocycles. The molecule has 232 valence electrons. The summed E-state index contributed by atoms with van der Waals surface area (Å²) in [4.78, 5) is 52.3. The third-order valence-corrected chi connectivity index (χ3v) is 9.07. The number of anilines is 1. The minimum atomic E-state index is -1.11. The number of aryl methyl sites for hydroxylation is 2. The number of rotatable bonds is 6. The topological polar surface area (TPSA) is 141 Å². The molecule has 0 unspecified atom stereocenters. The van der Waals surface area contributed by atoms with Crippen molar-refractivity contribution in [3.8, 4) is 0 Å². The zero-order valence-electron chi connectivity index (χ0n) is 25.3. The molecule has 4 atom stereocenters. The maximum Gasteiger partial charge on any atom is 0.269 e. The highest BCUT2D eigenvalue weighted by Crippen LogP contribution is 2.45. The Hall–Kier alpha value is -5.52. The fourth-order valence-electron chi connectivity index (χ4n) is 6.71. The molecule has 3 aliphatic heterocycles. The van der Waals surface area contributed by atoms with Gasteiger partial charge in [-0.1, -0.05) is 64.9 Å². The highest BCUT2D eigenvalue weighted by atomic mass is 16.6. The van der Waals surface area contributed by atoms with Crippen molar-refractivity contribution in [2.75, 3.05) is 11.4 Å². The molecule has 0 radical (unpaired) electrons. The summed E-state index contributed by atoms with van der Waals surface area (Å²) < 4.78 is 0. The van der Waals surface area contributed by atoms with Crippen LogP contribution >= 0.6 is 0 Å². The van der Waals surface area contributed by atoms with E-state index in [9.17, 15) is 24.5 Å². The molecule has 1 aliphatic carbocycles. The number of fused-ring (bicyclic) bond motifs is 2. The van der Waals surface area contributed by atoms with Crippen LogP contribution in [0.25, 0.3) is 6.08 Å². The summed E-state index contributed by atoms with van der Waals surface area (Å²) in [6, 6.07) is 19.0. The molecule has 12 heteroatoms. The lowest BCUT2D eigenvalue weighted by Crippen LogP contribution is -2.45. The Morgan fingerprint density at radius 3 is 2.28 bits per heavy atom. The van der Waals surface area contributed by atoms with Gasteiger partial charge in [0.1, 0.15) is 6.54 Å². The van der Waals surface area contributed by atoms with Gasteiger partial charge in [0.05, 0.1) is 22.4 Å². The molecule has 12 nitrogen and oxygen atoms in total. The Labute approximate surface area is 264 Å². The van der Waals surface area contributed by atoms with E-state index in [2.05, 4.69) is 47.6 Å². The lowest BCUT2D eigenvalue weighted by Gasteiger charge is -2.30. The van der Waals surface area contributed by atoms with Gasteiger partial charge >= 0.3 is 0 Å². The van der Waals surface area contributed by atoms with Gasteiger partial charge in [-0.25, -0.2) is 9.91 Å². The number of benzene rings is 3. The van der Waals surface area contributed by atoms with Gasteiger partial charge < -0.3 is 0 Å². The molecule has 3 amide bonds. The minimum absolute atomic E-state index is 0.00243. The summed E-state index contributed by atoms with van der Waals surface area (Å²) in [5.74, 6) is -1.56. The molecule has 2 fully saturated rings. The molecule has 0 bridgehead atoms. The lowest BCUT2D eigenvalue weighted by molar-refractivity contribution is -0.384. The van der Waals surface area contributed by atoms with E-state index in [0.29, 0.717) is 0 Å². The van der Waals surface area contributed by atoms with Crippen LogP contribution in [0.4, 0.5) is 11.4 Å². The molecule has 3 heterocycles. The fourth-order valence-corrected chi connectivity index (χ4v) is 6.71. The number of non-ortho nitro benzene ring substituents is 1. The van der Waals surface area contributed by atoms with Gasteiger partial charge in [-0.3, -0.25) is 29.5 Å². The second-order valence-corrected chi connectivity index (χ2v) is 12.1. The average Bonchev–Trinajstić information content (AvgIpc) is 3.72. The molecular formula is C34H31N7O5. The van der Waals surface area contributed by atoms with Crippen LogP contribution in [0.5, 0.6) is 0 Å². The maximum absolute atomic E-state index is 14.1. The summed E-state index contributed by atoms with van der Waals surface area (Å²) >= 11 is 0. The number of carbonyl (C=O) groups excluding carboxylic acids is 3. The van der Waals surface area contributed by atoms with Crippen LogP contribution in [0, 0.1) is 29.9 Å². The first-order valence-electron chi connectivity index (χ1n) is 15.2. The smallest absolute Gasteiger partial charge is 0.269 e. The summed E-state index contributed by atoms with van der Waals surface area (Å²) in [5, 5.41) is 26.9. The number of hydrazone groups is 1. The van der Waals surface area contributed by atoms with E-state index in [4.69, 9.17) is 5.10 Å². The number of nitro benzene ring substituents is 1. The summed E-state index contributed by atoms with van der Waals surface area (Å²) in [5.41, 5.74) is 6.35. The monoisotopic (exact) mass is 617 g/mol. The Kier molecular flexibility index (Phi) is 7.26. The van der Waals surface area contributed by atoms with E-state index in [0.717, 1.165) is 52.1 Å². The minimum Gasteiger partial charge on any atom is -0.271 e. The van der Waals surface area contributed by atoms with Crippen molar-refractivity contribution in [2.24, 2.45) is 21.4 Å². The Morgan fingerprint density at radius 2 is 1.61 bits per heavy atom. The van der Waals surface area contributed by atoms with Crippen LogP contribution in [0.1, 0.15) is 47.6 Å². The molecule has 3 aromatic carbocycles. The first-order valence-corrected chi connectivity index (χ1v) is 15.2. The van der Waals surface area contributed by atoms with E-state index in [1.165, 1.54) is 39.8 Å². The van der Waals surface area contributed by atoms with Gasteiger partial charge in [-0.05, 0) is 68.0 Å². The molecule has 3 aromatic rings. The number of nitrogens with zero attached hydrogens (tertiary/aromatic N) is 7. The summed E-state index contributed by atoms with van der Waals surface area (Å²) in [6.07, 6.45) is 4.84. The van der Waals surface area contributed by atoms with Crippen LogP contribution in [0.15, 0.2) is 93.8 Å². The highest BCUT2D eigenvalue weighted by molar-refractivity contribution is 6.25. The first-order chi connectivity index (χ1) is 22.2. The van der Waals surface area contributed by atoms with Crippen molar-refractivity contribution >= 4 is 40.9 Å². The van der Waals surface area contributed by atoms with Crippen molar-refractivity contribution in [2.45, 2.75) is 51.2 Å². The van der Waals surface area contributed by atoms with Crippen LogP contribution in [-0.4, -0.2) is 57.0 Å². The number of imide groups is 1. The van der Waals surface area contributed by atoms with Gasteiger partial charge in [-0.2, -0.15) is 10.2 Å². The molecule has 0 aromatic heterocycles. The zero-order chi connectivity index (χ0) is 32.1. The highest BCUT2D eigenvalue weighted by Gasteiger charge is 2.55. The van der Waals surface area contributed by atoms with Crippen molar-refractivity contribution < 1.29 is 19.3 Å². The lowest BCUT2D eigenvalue weighted by atomic mass is 9.77. The van der Waals surface area contributed by atoms with E-state index < -0.39 is 28.8 Å². The number of amides is 3. The number of nitro groups is 1. The molecular weight excluding hydrogens is 586 g/mol. The quantitative estimate of drug-likeness (QED) is 0.208. The zero-order valence-corrected chi connectivity index (χ0v) is 25.3. The molecule has 4 aliphatic rings. The van der Waals surface area contributed by atoms with Crippen molar-refractivity contribution in [1.29, 1.82) is 0 Å². The third kappa shape index (κ3) is 5.05. The SMILES string of the molecule is Cc1ccc(/C=C2\CCC[C@H]3C2=NN(C(=O)CN2N=N[C@@H]4C(=O)N(c5ccc([N+](=O)[O-])cc5)C(=O)[C@@H]42)[C@H]3c2ccc(C)cc2)cc1. The van der Waals surface area contributed by atoms with Gasteiger partial charge in [-0.15, -0.1) is 0 Å². The summed E-state index contributed by atoms with van der Waals surface area (Å²) in [6.45, 7) is 3.76. The fraction of sp³-hybridized carbons (Fsp3) is 0.294.